The van der Waals surface area contributed by atoms with Gasteiger partial charge in [0.1, 0.15) is 5.82 Å². The number of nitrogens with one attached hydrogen (secondary N) is 1. The molecule has 94 valence electrons. The largest absolute Gasteiger partial charge is 0.293 e. The van der Waals surface area contributed by atoms with E-state index in [-0.39, 0.29) is 22.1 Å². The molecule has 3 nitrogen and oxygen atoms in total. The zero-order chi connectivity index (χ0) is 13.0. The van der Waals surface area contributed by atoms with E-state index in [0.717, 1.165) is 4.90 Å². The lowest BCUT2D eigenvalue weighted by Crippen LogP contribution is -2.39. The SMILES string of the molecule is CC(C)C(Sc1ccc(F)c(Cl)c1)C(=O)NN. The topological polar surface area (TPSA) is 55.1 Å². The predicted octanol–water partition coefficient (Wildman–Crippen LogP) is 2.59. The van der Waals surface area contributed by atoms with Crippen LogP contribution >= 0.6 is 23.4 Å². The summed E-state index contributed by atoms with van der Waals surface area (Å²) in [7, 11) is 0. The molecule has 0 fully saturated rings. The Balaban J connectivity index is 2.86. The molecule has 0 saturated carbocycles. The number of nitrogens with two attached hydrogens (primary N) is 1. The van der Waals surface area contributed by atoms with E-state index in [2.05, 4.69) is 5.43 Å². The second-order valence-corrected chi connectivity index (χ2v) is 5.49. The highest BCUT2D eigenvalue weighted by Gasteiger charge is 2.22. The Morgan fingerprint density at radius 3 is 2.65 bits per heavy atom. The van der Waals surface area contributed by atoms with Gasteiger partial charge in [-0.05, 0) is 24.1 Å². The quantitative estimate of drug-likeness (QED) is 0.385. The molecule has 0 saturated heterocycles. The van der Waals surface area contributed by atoms with Crippen molar-refractivity contribution in [2.45, 2.75) is 24.0 Å². The molecule has 0 spiro atoms. The molecule has 1 unspecified atom stereocenters. The molecular formula is C11H14ClFN2OS. The molecule has 0 aromatic heterocycles. The van der Waals surface area contributed by atoms with Crippen LogP contribution in [-0.2, 0) is 4.79 Å². The van der Waals surface area contributed by atoms with E-state index in [1.54, 1.807) is 6.07 Å². The Morgan fingerprint density at radius 2 is 2.18 bits per heavy atom. The predicted molar refractivity (Wildman–Crippen MR) is 68.2 cm³/mol. The van der Waals surface area contributed by atoms with Gasteiger partial charge in [0.2, 0.25) is 5.91 Å². The molecule has 1 aromatic carbocycles. The number of carbonyl (C=O) groups excluding carboxylic acids is 1. The summed E-state index contributed by atoms with van der Waals surface area (Å²) >= 11 is 6.99. The first kappa shape index (κ1) is 14.3. The summed E-state index contributed by atoms with van der Waals surface area (Å²) in [6, 6.07) is 4.37. The Hall–Kier alpha value is -0.780. The number of thioether (sulfide) groups is 1. The van der Waals surface area contributed by atoms with Gasteiger partial charge in [-0.2, -0.15) is 0 Å². The molecule has 6 heteroatoms. The fourth-order valence-electron chi connectivity index (χ4n) is 1.27. The van der Waals surface area contributed by atoms with Gasteiger partial charge in [-0.15, -0.1) is 11.8 Å². The Bertz CT molecular complexity index is 414. The van der Waals surface area contributed by atoms with Crippen LogP contribution in [0.25, 0.3) is 0 Å². The van der Waals surface area contributed by atoms with Crippen molar-refractivity contribution in [2.75, 3.05) is 0 Å². The number of rotatable bonds is 4. The standard InChI is InChI=1S/C11H14ClFN2OS/c1-6(2)10(11(16)15-14)17-7-3-4-9(13)8(12)5-7/h3-6,10H,14H2,1-2H3,(H,15,16). The fourth-order valence-corrected chi connectivity index (χ4v) is 2.59. The molecule has 0 radical (unpaired) electrons. The minimum Gasteiger partial charge on any atom is -0.293 e. The fraction of sp³-hybridized carbons (Fsp3) is 0.364. The summed E-state index contributed by atoms with van der Waals surface area (Å²) in [5, 5.41) is -0.285. The normalized spacial score (nSPS) is 12.6. The van der Waals surface area contributed by atoms with Crippen LogP contribution in [0, 0.1) is 11.7 Å². The third-order valence-corrected chi connectivity index (χ3v) is 3.99. The van der Waals surface area contributed by atoms with E-state index in [4.69, 9.17) is 17.4 Å². The summed E-state index contributed by atoms with van der Waals surface area (Å²) in [5.41, 5.74) is 2.13. The highest BCUT2D eigenvalue weighted by molar-refractivity contribution is 8.00. The Morgan fingerprint density at radius 1 is 1.53 bits per heavy atom. The van der Waals surface area contributed by atoms with Gasteiger partial charge in [-0.1, -0.05) is 25.4 Å². The van der Waals surface area contributed by atoms with E-state index in [1.165, 1.54) is 23.9 Å². The third-order valence-electron chi connectivity index (χ3n) is 2.16. The monoisotopic (exact) mass is 276 g/mol. The first-order chi connectivity index (χ1) is 7.95. The molecule has 17 heavy (non-hydrogen) atoms. The second kappa shape index (κ2) is 6.23. The lowest BCUT2D eigenvalue weighted by molar-refractivity contribution is -0.121. The maximum atomic E-state index is 13.0. The maximum Gasteiger partial charge on any atom is 0.247 e. The van der Waals surface area contributed by atoms with Crippen molar-refractivity contribution in [3.8, 4) is 0 Å². The molecule has 0 aliphatic carbocycles. The number of hydrogen-bond acceptors (Lipinski definition) is 3. The van der Waals surface area contributed by atoms with Gasteiger partial charge in [-0.25, -0.2) is 10.2 Å². The molecule has 1 rings (SSSR count). The molecule has 0 bridgehead atoms. The summed E-state index contributed by atoms with van der Waals surface area (Å²) in [5.74, 6) is 4.49. The first-order valence-corrected chi connectivity index (χ1v) is 6.33. The lowest BCUT2D eigenvalue weighted by atomic mass is 10.1. The Kier molecular flexibility index (Phi) is 5.24. The van der Waals surface area contributed by atoms with Crippen LogP contribution in [0.15, 0.2) is 23.1 Å². The van der Waals surface area contributed by atoms with Gasteiger partial charge >= 0.3 is 0 Å². The van der Waals surface area contributed by atoms with Gasteiger partial charge < -0.3 is 0 Å². The van der Waals surface area contributed by atoms with Crippen molar-refractivity contribution >= 4 is 29.3 Å². The third kappa shape index (κ3) is 3.87. The van der Waals surface area contributed by atoms with Crippen LogP contribution in [0.3, 0.4) is 0 Å². The van der Waals surface area contributed by atoms with Crippen molar-refractivity contribution in [3.63, 3.8) is 0 Å². The van der Waals surface area contributed by atoms with Gasteiger partial charge in [0.05, 0.1) is 10.3 Å². The lowest BCUT2D eigenvalue weighted by Gasteiger charge is -2.18. The smallest absolute Gasteiger partial charge is 0.247 e. The van der Waals surface area contributed by atoms with Crippen LogP contribution in [0.2, 0.25) is 5.02 Å². The average molecular weight is 277 g/mol. The Labute approximate surface area is 109 Å². The summed E-state index contributed by atoms with van der Waals surface area (Å²) in [6.45, 7) is 3.83. The van der Waals surface area contributed by atoms with Crippen molar-refractivity contribution in [2.24, 2.45) is 11.8 Å². The van der Waals surface area contributed by atoms with E-state index < -0.39 is 5.82 Å². The molecule has 0 aliphatic rings. The first-order valence-electron chi connectivity index (χ1n) is 5.08. The molecule has 1 aromatic rings. The van der Waals surface area contributed by atoms with Crippen molar-refractivity contribution in [3.05, 3.63) is 29.0 Å². The molecule has 1 amide bonds. The number of hydrazine groups is 1. The van der Waals surface area contributed by atoms with Crippen molar-refractivity contribution in [1.29, 1.82) is 0 Å². The van der Waals surface area contributed by atoms with Gasteiger partial charge in [0.15, 0.2) is 0 Å². The van der Waals surface area contributed by atoms with E-state index in [9.17, 15) is 9.18 Å². The zero-order valence-electron chi connectivity index (χ0n) is 9.54. The second-order valence-electron chi connectivity index (χ2n) is 3.87. The number of halogens is 2. The van der Waals surface area contributed by atoms with Gasteiger partial charge in [-0.3, -0.25) is 10.2 Å². The zero-order valence-corrected chi connectivity index (χ0v) is 11.1. The number of hydrogen-bond donors (Lipinski definition) is 2. The van der Waals surface area contributed by atoms with Crippen LogP contribution in [0.5, 0.6) is 0 Å². The summed E-state index contributed by atoms with van der Waals surface area (Å²) < 4.78 is 13.0. The minimum atomic E-state index is -0.472. The van der Waals surface area contributed by atoms with Gasteiger partial charge in [0, 0.05) is 4.90 Å². The van der Waals surface area contributed by atoms with Crippen molar-refractivity contribution in [1.82, 2.24) is 5.43 Å². The molecule has 3 N–H and O–H groups in total. The van der Waals surface area contributed by atoms with Crippen LogP contribution in [0.1, 0.15) is 13.8 Å². The summed E-state index contributed by atoms with van der Waals surface area (Å²) in [4.78, 5) is 12.3. The van der Waals surface area contributed by atoms with E-state index in [1.807, 2.05) is 13.8 Å². The maximum absolute atomic E-state index is 13.0. The highest BCUT2D eigenvalue weighted by Crippen LogP contribution is 2.30. The number of amides is 1. The van der Waals surface area contributed by atoms with Crippen LogP contribution in [0.4, 0.5) is 4.39 Å². The van der Waals surface area contributed by atoms with E-state index >= 15 is 0 Å². The number of carbonyl (C=O) groups is 1. The minimum absolute atomic E-state index is 0.0469. The summed E-state index contributed by atoms with van der Waals surface area (Å²) in [6.07, 6.45) is 0. The van der Waals surface area contributed by atoms with Crippen molar-refractivity contribution < 1.29 is 9.18 Å². The van der Waals surface area contributed by atoms with E-state index in [0.29, 0.717) is 0 Å². The molecule has 1 atom stereocenters. The van der Waals surface area contributed by atoms with Crippen LogP contribution < -0.4 is 11.3 Å². The molecule has 0 heterocycles. The highest BCUT2D eigenvalue weighted by atomic mass is 35.5. The molecular weight excluding hydrogens is 263 g/mol. The number of benzene rings is 1. The molecule has 0 aliphatic heterocycles. The van der Waals surface area contributed by atoms with Gasteiger partial charge in [0.25, 0.3) is 0 Å². The van der Waals surface area contributed by atoms with Crippen LogP contribution in [-0.4, -0.2) is 11.2 Å². The average Bonchev–Trinajstić information content (AvgIpc) is 2.29.